The van der Waals surface area contributed by atoms with Gasteiger partial charge in [0.1, 0.15) is 0 Å². The molecule has 0 saturated carbocycles. The Morgan fingerprint density at radius 3 is 2.46 bits per heavy atom. The number of aryl methyl sites for hydroxylation is 1. The largest absolute Gasteiger partial charge is 0.346 e. The molecule has 5 nitrogen and oxygen atoms in total. The number of amides is 2. The predicted octanol–water partition coefficient (Wildman–Crippen LogP) is 3.36. The van der Waals surface area contributed by atoms with Gasteiger partial charge in [-0.3, -0.25) is 9.59 Å². The Bertz CT molecular complexity index is 792. The number of rotatable bonds is 7. The maximum absolute atomic E-state index is 12.0. The Morgan fingerprint density at radius 2 is 1.73 bits per heavy atom. The fraction of sp³-hybridized carbons (Fsp3) is 0.300. The second kappa shape index (κ2) is 9.36. The summed E-state index contributed by atoms with van der Waals surface area (Å²) in [6, 6.07) is 13.1. The molecule has 0 aliphatic rings. The highest BCUT2D eigenvalue weighted by molar-refractivity contribution is 6.31. The third-order valence-corrected chi connectivity index (χ3v) is 4.61. The van der Waals surface area contributed by atoms with Gasteiger partial charge in [0, 0.05) is 16.8 Å². The van der Waals surface area contributed by atoms with Crippen molar-refractivity contribution in [3.8, 4) is 0 Å². The summed E-state index contributed by atoms with van der Waals surface area (Å²) in [5.74, 6) is -0.508. The minimum Gasteiger partial charge on any atom is -0.346 e. The predicted molar refractivity (Wildman–Crippen MR) is 105 cm³/mol. The highest BCUT2D eigenvalue weighted by Gasteiger charge is 2.12. The normalized spacial score (nSPS) is 11.7. The molecule has 2 amide bonds. The monoisotopic (exact) mass is 373 g/mol. The van der Waals surface area contributed by atoms with E-state index < -0.39 is 0 Å². The molecule has 0 radical (unpaired) electrons. The molecule has 2 rings (SSSR count). The van der Waals surface area contributed by atoms with Gasteiger partial charge in [0.05, 0.1) is 13.1 Å². The van der Waals surface area contributed by atoms with E-state index in [0.717, 1.165) is 22.4 Å². The molecule has 26 heavy (non-hydrogen) atoms. The first-order chi connectivity index (χ1) is 12.4. The Labute approximate surface area is 159 Å². The van der Waals surface area contributed by atoms with E-state index in [-0.39, 0.29) is 30.9 Å². The van der Waals surface area contributed by atoms with Crippen LogP contribution in [0.3, 0.4) is 0 Å². The first kappa shape index (κ1) is 19.9. The maximum Gasteiger partial charge on any atom is 0.243 e. The summed E-state index contributed by atoms with van der Waals surface area (Å²) in [5.41, 5.74) is 3.80. The molecule has 1 atom stereocenters. The van der Waals surface area contributed by atoms with Crippen molar-refractivity contribution >= 4 is 29.1 Å². The van der Waals surface area contributed by atoms with E-state index in [1.165, 1.54) is 0 Å². The third kappa shape index (κ3) is 5.58. The molecule has 0 aromatic heterocycles. The topological polar surface area (TPSA) is 70.2 Å². The lowest BCUT2D eigenvalue weighted by Crippen LogP contribution is -2.39. The second-order valence-corrected chi connectivity index (χ2v) is 6.60. The van der Waals surface area contributed by atoms with Gasteiger partial charge < -0.3 is 16.0 Å². The van der Waals surface area contributed by atoms with Crippen molar-refractivity contribution in [3.05, 3.63) is 64.2 Å². The Balaban J connectivity index is 1.77. The number of halogens is 1. The van der Waals surface area contributed by atoms with Crippen molar-refractivity contribution < 1.29 is 9.59 Å². The number of hydrogen-bond acceptors (Lipinski definition) is 3. The summed E-state index contributed by atoms with van der Waals surface area (Å²) < 4.78 is 0. The van der Waals surface area contributed by atoms with Gasteiger partial charge in [-0.2, -0.15) is 0 Å². The lowest BCUT2D eigenvalue weighted by atomic mass is 10.1. The lowest BCUT2D eigenvalue weighted by molar-refractivity contribution is -0.123. The van der Waals surface area contributed by atoms with Crippen molar-refractivity contribution in [1.82, 2.24) is 10.6 Å². The van der Waals surface area contributed by atoms with Gasteiger partial charge in [0.25, 0.3) is 0 Å². The number of carbonyl (C=O) groups excluding carboxylic acids is 2. The van der Waals surface area contributed by atoms with E-state index in [2.05, 4.69) is 16.0 Å². The third-order valence-electron chi connectivity index (χ3n) is 4.27. The maximum atomic E-state index is 12.0. The first-order valence-corrected chi connectivity index (χ1v) is 8.87. The van der Waals surface area contributed by atoms with Crippen LogP contribution >= 0.6 is 11.6 Å². The molecule has 0 aliphatic carbocycles. The fourth-order valence-electron chi connectivity index (χ4n) is 2.50. The molecule has 0 fully saturated rings. The standard InChI is InChI=1S/C20H24ClN3O2/c1-13-7-6-10-18(14(13)2)24-20(26)12-23-19(25)11-22-15(3)16-8-4-5-9-17(16)21/h4-10,15,22H,11-12H2,1-3H3,(H,23,25)(H,24,26). The van der Waals surface area contributed by atoms with Crippen LogP contribution in [0, 0.1) is 13.8 Å². The quantitative estimate of drug-likeness (QED) is 0.697. The average molecular weight is 374 g/mol. The summed E-state index contributed by atoms with van der Waals surface area (Å²) in [4.78, 5) is 24.0. The molecule has 1 unspecified atom stereocenters. The number of benzene rings is 2. The van der Waals surface area contributed by atoms with Gasteiger partial charge in [-0.05, 0) is 49.6 Å². The van der Waals surface area contributed by atoms with Gasteiger partial charge in [0.15, 0.2) is 0 Å². The molecular weight excluding hydrogens is 350 g/mol. The van der Waals surface area contributed by atoms with E-state index in [1.54, 1.807) is 0 Å². The molecule has 2 aromatic rings. The van der Waals surface area contributed by atoms with Crippen LogP contribution in [0.1, 0.15) is 29.7 Å². The van der Waals surface area contributed by atoms with E-state index in [9.17, 15) is 9.59 Å². The number of anilines is 1. The summed E-state index contributed by atoms with van der Waals surface area (Å²) in [6.07, 6.45) is 0. The van der Waals surface area contributed by atoms with Crippen LogP contribution in [0.25, 0.3) is 0 Å². The van der Waals surface area contributed by atoms with Gasteiger partial charge in [-0.1, -0.05) is 41.9 Å². The van der Waals surface area contributed by atoms with Crippen molar-refractivity contribution in [2.45, 2.75) is 26.8 Å². The molecule has 0 aliphatic heterocycles. The lowest BCUT2D eigenvalue weighted by Gasteiger charge is -2.15. The minimum absolute atomic E-state index is 0.0711. The second-order valence-electron chi connectivity index (χ2n) is 6.20. The van der Waals surface area contributed by atoms with Gasteiger partial charge in [0.2, 0.25) is 11.8 Å². The van der Waals surface area contributed by atoms with E-state index >= 15 is 0 Å². The Morgan fingerprint density at radius 1 is 1.00 bits per heavy atom. The fourth-order valence-corrected chi connectivity index (χ4v) is 2.80. The molecule has 0 saturated heterocycles. The van der Waals surface area contributed by atoms with E-state index in [4.69, 9.17) is 11.6 Å². The first-order valence-electron chi connectivity index (χ1n) is 8.49. The summed E-state index contributed by atoms with van der Waals surface area (Å²) >= 11 is 6.14. The number of hydrogen-bond donors (Lipinski definition) is 3. The number of carbonyl (C=O) groups is 2. The van der Waals surface area contributed by atoms with Crippen LogP contribution in [0.2, 0.25) is 5.02 Å². The summed E-state index contributed by atoms with van der Waals surface area (Å²) in [7, 11) is 0. The molecule has 2 aromatic carbocycles. The van der Waals surface area contributed by atoms with Gasteiger partial charge in [-0.15, -0.1) is 0 Å². The van der Waals surface area contributed by atoms with Crippen LogP contribution in [0.15, 0.2) is 42.5 Å². The average Bonchev–Trinajstić information content (AvgIpc) is 2.62. The Kier molecular flexibility index (Phi) is 7.18. The van der Waals surface area contributed by atoms with Crippen molar-refractivity contribution in [1.29, 1.82) is 0 Å². The van der Waals surface area contributed by atoms with Crippen molar-refractivity contribution in [2.24, 2.45) is 0 Å². The van der Waals surface area contributed by atoms with Crippen molar-refractivity contribution in [2.75, 3.05) is 18.4 Å². The molecule has 0 bridgehead atoms. The molecule has 6 heteroatoms. The van der Waals surface area contributed by atoms with Gasteiger partial charge >= 0.3 is 0 Å². The smallest absolute Gasteiger partial charge is 0.243 e. The van der Waals surface area contributed by atoms with Crippen molar-refractivity contribution in [3.63, 3.8) is 0 Å². The van der Waals surface area contributed by atoms with Gasteiger partial charge in [-0.25, -0.2) is 0 Å². The molecule has 3 N–H and O–H groups in total. The summed E-state index contributed by atoms with van der Waals surface area (Å²) in [5, 5.41) is 9.18. The molecular formula is C20H24ClN3O2. The van der Waals surface area contributed by atoms with Crippen LogP contribution in [-0.4, -0.2) is 24.9 Å². The van der Waals surface area contributed by atoms with E-state index in [1.807, 2.05) is 63.2 Å². The molecule has 0 spiro atoms. The minimum atomic E-state index is -0.258. The summed E-state index contributed by atoms with van der Waals surface area (Å²) in [6.45, 7) is 5.89. The molecule has 0 heterocycles. The SMILES string of the molecule is Cc1cccc(NC(=O)CNC(=O)CNC(C)c2ccccc2Cl)c1C. The Hall–Kier alpha value is -2.37. The van der Waals surface area contributed by atoms with Crippen LogP contribution in [-0.2, 0) is 9.59 Å². The number of nitrogens with one attached hydrogen (secondary N) is 3. The highest BCUT2D eigenvalue weighted by atomic mass is 35.5. The van der Waals surface area contributed by atoms with Crippen LogP contribution in [0.4, 0.5) is 5.69 Å². The molecule has 138 valence electrons. The highest BCUT2D eigenvalue weighted by Crippen LogP contribution is 2.21. The zero-order valence-corrected chi connectivity index (χ0v) is 16.0. The van der Waals surface area contributed by atoms with Crippen LogP contribution in [0.5, 0.6) is 0 Å². The van der Waals surface area contributed by atoms with Crippen LogP contribution < -0.4 is 16.0 Å². The zero-order chi connectivity index (χ0) is 19.1. The van der Waals surface area contributed by atoms with E-state index in [0.29, 0.717) is 5.02 Å². The zero-order valence-electron chi connectivity index (χ0n) is 15.2.